The molecule has 0 spiro atoms. The summed E-state index contributed by atoms with van der Waals surface area (Å²) in [6.07, 6.45) is 4.75. The summed E-state index contributed by atoms with van der Waals surface area (Å²) in [5, 5.41) is 97.1. The van der Waals surface area contributed by atoms with Crippen LogP contribution in [-0.2, 0) is 97.6 Å². The zero-order valence-corrected chi connectivity index (χ0v) is 72.7. The number of nitrogens with two attached hydrogens (primary N) is 1. The number of aliphatic hydroxyl groups excluding tert-OH is 2. The van der Waals surface area contributed by atoms with Gasteiger partial charge in [-0.3, -0.25) is 71.9 Å². The summed E-state index contributed by atoms with van der Waals surface area (Å²) in [7, 11) is 2.38. The highest BCUT2D eigenvalue weighted by molar-refractivity contribution is 8.00. The molecule has 4 aromatic carbocycles. The number of hydrogen-bond acceptors (Lipinski definition) is 22. The van der Waals surface area contributed by atoms with E-state index in [4.69, 9.17) is 5.73 Å². The van der Waals surface area contributed by atoms with Gasteiger partial charge in [-0.25, -0.2) is 9.18 Å². The number of primary amides is 1. The molecule has 0 aromatic heterocycles. The highest BCUT2D eigenvalue weighted by atomic mass is 32.2. The number of hydrogen-bond donors (Lipinski definition) is 20. The Morgan fingerprint density at radius 1 is 0.438 bits per heavy atom. The van der Waals surface area contributed by atoms with Crippen LogP contribution in [0, 0.1) is 23.6 Å². The van der Waals surface area contributed by atoms with Crippen molar-refractivity contribution in [1.29, 1.82) is 0 Å². The number of aliphatic carboxylic acids is 2. The van der Waals surface area contributed by atoms with Crippen LogP contribution in [0.5, 0.6) is 11.5 Å². The molecule has 38 nitrogen and oxygen atoms in total. The lowest BCUT2D eigenvalue weighted by atomic mass is 9.84. The van der Waals surface area contributed by atoms with Gasteiger partial charge in [0, 0.05) is 58.5 Å². The molecular weight excluding hydrogens is 1680 g/mol. The second-order valence-electron chi connectivity index (χ2n) is 33.1. The van der Waals surface area contributed by atoms with Crippen LogP contribution in [-0.4, -0.2) is 273 Å². The average molecular weight is 1810 g/mol. The van der Waals surface area contributed by atoms with E-state index in [2.05, 4.69) is 69.1 Å². The number of rotatable bonds is 26. The number of nitrogens with one attached hydrogen (secondary N) is 13. The Hall–Kier alpha value is -12.0. The monoisotopic (exact) mass is 1800 g/mol. The minimum atomic E-state index is -1.98. The molecule has 0 bridgehead atoms. The van der Waals surface area contributed by atoms with Crippen molar-refractivity contribution in [2.75, 3.05) is 65.0 Å². The van der Waals surface area contributed by atoms with Crippen LogP contribution < -0.4 is 74.9 Å². The Balaban J connectivity index is 1.23. The number of halogens is 1. The number of carbonyl (C=O) groups excluding carboxylic acids is 14. The van der Waals surface area contributed by atoms with Gasteiger partial charge < -0.3 is 115 Å². The summed E-state index contributed by atoms with van der Waals surface area (Å²) in [4.78, 5) is 234. The number of piperidine rings is 1. The van der Waals surface area contributed by atoms with Crippen molar-refractivity contribution < 1.29 is 112 Å². The lowest BCUT2D eigenvalue weighted by molar-refractivity contribution is -0.148. The van der Waals surface area contributed by atoms with Gasteiger partial charge in [0.05, 0.1) is 19.0 Å². The maximum Gasteiger partial charge on any atom is 0.322 e. The van der Waals surface area contributed by atoms with Gasteiger partial charge in [-0.05, 0) is 141 Å². The molecule has 15 amide bonds. The largest absolute Gasteiger partial charge is 0.508 e. The van der Waals surface area contributed by atoms with Crippen LogP contribution in [0.25, 0.3) is 0 Å². The van der Waals surface area contributed by atoms with E-state index in [1.165, 1.54) is 74.8 Å². The molecule has 2 saturated heterocycles. The van der Waals surface area contributed by atoms with Crippen molar-refractivity contribution in [3.05, 3.63) is 131 Å². The molecule has 2 saturated carbocycles. The second-order valence-corrected chi connectivity index (χ2v) is 34.2. The van der Waals surface area contributed by atoms with Crippen molar-refractivity contribution in [1.82, 2.24) is 78.9 Å². The molecule has 21 N–H and O–H groups in total. The van der Waals surface area contributed by atoms with Gasteiger partial charge in [0.1, 0.15) is 96.4 Å². The van der Waals surface area contributed by atoms with Gasteiger partial charge in [0.15, 0.2) is 0 Å². The molecule has 8 rings (SSSR count). The number of benzene rings is 4. The van der Waals surface area contributed by atoms with E-state index in [-0.39, 0.29) is 79.9 Å². The number of likely N-dealkylation sites (N-methyl/N-ethyl adjacent to an activating group) is 2. The highest BCUT2D eigenvalue weighted by Gasteiger charge is 2.42. The van der Waals surface area contributed by atoms with Crippen molar-refractivity contribution in [3.8, 4) is 11.5 Å². The summed E-state index contributed by atoms with van der Waals surface area (Å²) < 4.78 is 14.6. The Morgan fingerprint density at radius 3 is 1.27 bits per heavy atom. The summed E-state index contributed by atoms with van der Waals surface area (Å²) in [5.74, 6) is -19.1. The average Bonchev–Trinajstić information content (AvgIpc) is 0.775. The molecule has 698 valence electrons. The van der Waals surface area contributed by atoms with Crippen LogP contribution in [0.3, 0.4) is 0 Å². The van der Waals surface area contributed by atoms with Crippen LogP contribution in [0.4, 0.5) is 9.18 Å². The van der Waals surface area contributed by atoms with E-state index in [0.29, 0.717) is 68.3 Å². The number of amides is 15. The number of aliphatic hydroxyl groups is 2. The fraction of sp³-hybridized carbons (Fsp3) is 0.545. The molecule has 2 heterocycles. The van der Waals surface area contributed by atoms with E-state index in [0.717, 1.165) is 72.2 Å². The number of phenols is 2. The highest BCUT2D eigenvalue weighted by Crippen LogP contribution is 2.30. The van der Waals surface area contributed by atoms with Gasteiger partial charge in [0.25, 0.3) is 0 Å². The third kappa shape index (κ3) is 33.3. The lowest BCUT2D eigenvalue weighted by Gasteiger charge is -2.35. The Kier molecular flexibility index (Phi) is 40.9. The van der Waals surface area contributed by atoms with Crippen LogP contribution >= 0.6 is 11.8 Å². The first-order chi connectivity index (χ1) is 61.2. The molecule has 4 aliphatic rings. The van der Waals surface area contributed by atoms with Crippen molar-refractivity contribution >= 4 is 107 Å². The van der Waals surface area contributed by atoms with Crippen LogP contribution in [0.1, 0.15) is 144 Å². The molecular formula is C88H121FN16O22S. The first-order valence-electron chi connectivity index (χ1n) is 43.4. The Morgan fingerprint density at radius 2 is 0.828 bits per heavy atom. The van der Waals surface area contributed by atoms with Gasteiger partial charge in [-0.15, -0.1) is 11.8 Å². The van der Waals surface area contributed by atoms with E-state index in [9.17, 15) is 68.6 Å². The second kappa shape index (κ2) is 51.7. The summed E-state index contributed by atoms with van der Waals surface area (Å²) in [5.41, 5.74) is 6.74. The zero-order valence-electron chi connectivity index (χ0n) is 71.9. The number of thioether (sulfide) groups is 1. The molecule has 4 fully saturated rings. The smallest absolute Gasteiger partial charge is 0.322 e. The Bertz CT molecular complexity index is 4430. The van der Waals surface area contributed by atoms with Crippen LogP contribution in [0.2, 0.25) is 0 Å². The molecule has 2 aliphatic carbocycles. The predicted octanol–water partition coefficient (Wildman–Crippen LogP) is -0.415. The Labute approximate surface area is 745 Å². The number of urea groups is 1. The molecule has 4 aromatic rings. The summed E-state index contributed by atoms with van der Waals surface area (Å²) in [6, 6.07) is 2.58. The summed E-state index contributed by atoms with van der Waals surface area (Å²) in [6.45, 7) is -2.39. The minimum absolute atomic E-state index is 0.0181. The van der Waals surface area contributed by atoms with Gasteiger partial charge in [-0.1, -0.05) is 131 Å². The normalized spacial score (nSPS) is 24.5. The molecule has 0 radical (unpaired) electrons. The zero-order chi connectivity index (χ0) is 92.9. The molecule has 128 heavy (non-hydrogen) atoms. The van der Waals surface area contributed by atoms with Crippen molar-refractivity contribution in [2.24, 2.45) is 23.5 Å². The fourth-order valence-corrected chi connectivity index (χ4v) is 17.1. The number of aromatic hydroxyl groups is 2. The number of carboxylic acids is 2. The number of phenolic OH excluding ortho intramolecular Hbond substituents is 2. The third-order valence-electron chi connectivity index (χ3n) is 23.5. The number of carbonyl (C=O) groups is 16. The van der Waals surface area contributed by atoms with Crippen LogP contribution in [0.15, 0.2) is 103 Å². The maximum atomic E-state index is 15.4. The minimum Gasteiger partial charge on any atom is -0.508 e. The number of carboxylic acid groups (broad SMARTS) is 2. The van der Waals surface area contributed by atoms with E-state index < -0.39 is 236 Å². The van der Waals surface area contributed by atoms with Gasteiger partial charge >= 0.3 is 18.0 Å². The predicted molar refractivity (Wildman–Crippen MR) is 465 cm³/mol. The molecule has 2 aliphatic heterocycles. The SMILES string of the molecule is CN1C(=O)CSC[C@@H](C(=O)NCC(=O)O)NC(=O)[C@H](CC2CCCCC2)NC(=O)[C@H](CC2CCNCC2)NC(=O)[C@H](CCCNC(N)=O)NC(=O)[C@H](Cc2ccc(O)cc2)NC(=O)[C@H](Cc2ccc(O)cc2)NC(=O)[C@H](CO)NC(=O)[C@H](Cc2ccc(F)cc2)NC(=O)[C@H](CC2CCCCC2)NC(=O)[C@H](CO)NC(=O)[C@H](Cc2ccccc2)N(C)C(=O)[C@@H]1CCC(=O)O. The van der Waals surface area contributed by atoms with Gasteiger partial charge in [0.2, 0.25) is 76.8 Å². The van der Waals surface area contributed by atoms with Gasteiger partial charge in [-0.2, -0.15) is 0 Å². The first-order valence-corrected chi connectivity index (χ1v) is 44.5. The fourth-order valence-electron chi connectivity index (χ4n) is 16.2. The van der Waals surface area contributed by atoms with Crippen molar-refractivity contribution in [3.63, 3.8) is 0 Å². The number of nitrogens with zero attached hydrogens (tertiary/aromatic N) is 2. The quantitative estimate of drug-likeness (QED) is 0.0355. The molecule has 12 atom stereocenters. The summed E-state index contributed by atoms with van der Waals surface area (Å²) >= 11 is 0.737. The lowest BCUT2D eigenvalue weighted by Crippen LogP contribution is -2.62. The first kappa shape index (κ1) is 101. The van der Waals surface area contributed by atoms with E-state index >= 15 is 43.2 Å². The third-order valence-corrected chi connectivity index (χ3v) is 24.5. The van der Waals surface area contributed by atoms with Crippen molar-refractivity contribution in [2.45, 2.75) is 220 Å². The maximum absolute atomic E-state index is 15.4. The molecule has 0 unspecified atom stereocenters. The standard InChI is InChI=1S/C88H121FN16O22S/c1-104-71(32-33-74(111)112)87(126)105(2)72(45-53-17-10-5-11-18-53)86(125)102-69(48-107)85(124)99-62(39-51-13-6-3-7-14-51)79(118)98-66(41-54-20-26-58(89)27-21-54)82(121)101-68(47-106)84(123)100-65(43-56-24-30-60(109)31-25-56)80(119)97-64(42-55-22-28-59(108)29-23-55)78(117)94-61(19-12-36-92-88(90)127)77(116)95-67(44-57-34-37-91-38-35-57)81(120)96-63(40-52-15-8-4-9-16-52)83(122)103-70(49-128-50-73(104)110)76(115)93-46-75(113)114/h5,10-11,17-18,20-31,51-52,57,61-72,91,106-109H,3-4,6-9,12-16,19,32-50H2,1-2H3,(H,93,115)(H,94,117)(H,95,116)(H,96,120)(H,97,119)(H,98,118)(H,99,124)(H,100,123)(H,101,121)(H,102,125)(H,103,122)(H,111,112)(H,113,114)(H3,90,92,127)/t61-,62-,63-,64-,65-,66-,67-,68-,69-,70-,71-,72-/m0/s1. The van der Waals surface area contributed by atoms with E-state index in [1.54, 1.807) is 30.3 Å². The topological polar surface area (TPSA) is 583 Å². The van der Waals surface area contributed by atoms with E-state index in [1.807, 2.05) is 0 Å². The molecule has 40 heteroatoms.